The summed E-state index contributed by atoms with van der Waals surface area (Å²) in [5, 5.41) is 13.0. The summed E-state index contributed by atoms with van der Waals surface area (Å²) >= 11 is 6.04. The molecule has 0 atom stereocenters. The van der Waals surface area contributed by atoms with Crippen LogP contribution in [0.2, 0.25) is 5.02 Å². The maximum absolute atomic E-state index is 11.5. The Labute approximate surface area is 113 Å². The summed E-state index contributed by atoms with van der Waals surface area (Å²) in [5.41, 5.74) is 0.658. The molecule has 1 amide bonds. The average Bonchev–Trinajstić information content (AvgIpc) is 2.33. The monoisotopic (exact) mass is 270 g/mol. The van der Waals surface area contributed by atoms with Gasteiger partial charge in [0.25, 0.3) is 0 Å². The predicted molar refractivity (Wildman–Crippen MR) is 72.8 cm³/mol. The highest BCUT2D eigenvalue weighted by Gasteiger charge is 2.13. The summed E-state index contributed by atoms with van der Waals surface area (Å²) in [6, 6.07) is 5.03. The summed E-state index contributed by atoms with van der Waals surface area (Å²) in [4.78, 5) is 13.4. The molecule has 5 heteroatoms. The summed E-state index contributed by atoms with van der Waals surface area (Å²) in [7, 11) is 0. The molecular weight excluding hydrogens is 252 g/mol. The number of halogens is 1. The van der Waals surface area contributed by atoms with Crippen LogP contribution < -0.4 is 5.32 Å². The van der Waals surface area contributed by atoms with Gasteiger partial charge < -0.3 is 10.4 Å². The van der Waals surface area contributed by atoms with E-state index in [1.807, 2.05) is 18.7 Å². The molecule has 0 fully saturated rings. The SMILES string of the molecule is CCNC(=O)CN(CC)Cc1c(O)cccc1Cl. The van der Waals surface area contributed by atoms with E-state index in [0.717, 1.165) is 0 Å². The van der Waals surface area contributed by atoms with E-state index in [1.54, 1.807) is 18.2 Å². The molecule has 1 rings (SSSR count). The van der Waals surface area contributed by atoms with Gasteiger partial charge in [0.05, 0.1) is 6.54 Å². The fraction of sp³-hybridized carbons (Fsp3) is 0.462. The van der Waals surface area contributed by atoms with Crippen molar-refractivity contribution >= 4 is 17.5 Å². The first kappa shape index (κ1) is 14.8. The van der Waals surface area contributed by atoms with Crippen LogP contribution in [0.4, 0.5) is 0 Å². The highest BCUT2D eigenvalue weighted by Crippen LogP contribution is 2.26. The van der Waals surface area contributed by atoms with Crippen molar-refractivity contribution in [1.29, 1.82) is 0 Å². The number of aromatic hydroxyl groups is 1. The lowest BCUT2D eigenvalue weighted by molar-refractivity contribution is -0.122. The van der Waals surface area contributed by atoms with Crippen LogP contribution in [0.15, 0.2) is 18.2 Å². The molecule has 0 saturated carbocycles. The maximum atomic E-state index is 11.5. The van der Waals surface area contributed by atoms with Gasteiger partial charge in [0.1, 0.15) is 5.75 Å². The molecule has 18 heavy (non-hydrogen) atoms. The third-order valence-electron chi connectivity index (χ3n) is 2.66. The minimum Gasteiger partial charge on any atom is -0.508 e. The van der Waals surface area contributed by atoms with Crippen LogP contribution in [-0.2, 0) is 11.3 Å². The molecule has 0 unspecified atom stereocenters. The van der Waals surface area contributed by atoms with E-state index in [1.165, 1.54) is 0 Å². The van der Waals surface area contributed by atoms with E-state index in [9.17, 15) is 9.90 Å². The molecule has 2 N–H and O–H groups in total. The fourth-order valence-electron chi connectivity index (χ4n) is 1.66. The van der Waals surface area contributed by atoms with Gasteiger partial charge in [-0.15, -0.1) is 0 Å². The van der Waals surface area contributed by atoms with Gasteiger partial charge in [-0.2, -0.15) is 0 Å². The van der Waals surface area contributed by atoms with Crippen molar-refractivity contribution in [3.63, 3.8) is 0 Å². The van der Waals surface area contributed by atoms with E-state index in [2.05, 4.69) is 5.32 Å². The molecule has 0 saturated heterocycles. The Balaban J connectivity index is 2.71. The average molecular weight is 271 g/mol. The van der Waals surface area contributed by atoms with Crippen LogP contribution in [0.3, 0.4) is 0 Å². The number of carbonyl (C=O) groups is 1. The molecule has 0 aromatic heterocycles. The molecule has 0 radical (unpaired) electrons. The quantitative estimate of drug-likeness (QED) is 0.831. The molecule has 0 aliphatic carbocycles. The summed E-state index contributed by atoms with van der Waals surface area (Å²) < 4.78 is 0. The molecule has 0 spiro atoms. The fourth-order valence-corrected chi connectivity index (χ4v) is 1.89. The van der Waals surface area contributed by atoms with Gasteiger partial charge in [0.2, 0.25) is 5.91 Å². The number of rotatable bonds is 6. The van der Waals surface area contributed by atoms with E-state index >= 15 is 0 Å². The van der Waals surface area contributed by atoms with Crippen molar-refractivity contribution in [3.8, 4) is 5.75 Å². The number of phenols is 1. The Bertz CT molecular complexity index is 390. The molecule has 1 aromatic carbocycles. The molecule has 0 aliphatic heterocycles. The first-order chi connectivity index (χ1) is 8.58. The number of nitrogens with zero attached hydrogens (tertiary/aromatic N) is 1. The van der Waals surface area contributed by atoms with E-state index in [4.69, 9.17) is 11.6 Å². The van der Waals surface area contributed by atoms with E-state index < -0.39 is 0 Å². The number of benzene rings is 1. The number of hydrogen-bond acceptors (Lipinski definition) is 3. The number of amides is 1. The molecule has 0 heterocycles. The second-order valence-electron chi connectivity index (χ2n) is 3.99. The number of nitrogens with one attached hydrogen (secondary N) is 1. The van der Waals surface area contributed by atoms with Gasteiger partial charge in [-0.1, -0.05) is 24.6 Å². The van der Waals surface area contributed by atoms with Crippen molar-refractivity contribution in [3.05, 3.63) is 28.8 Å². The zero-order valence-electron chi connectivity index (χ0n) is 10.7. The van der Waals surface area contributed by atoms with Crippen molar-refractivity contribution in [2.75, 3.05) is 19.6 Å². The van der Waals surface area contributed by atoms with Crippen LogP contribution >= 0.6 is 11.6 Å². The third kappa shape index (κ3) is 4.20. The molecule has 0 aliphatic rings. The van der Waals surface area contributed by atoms with E-state index in [-0.39, 0.29) is 11.7 Å². The van der Waals surface area contributed by atoms with Crippen molar-refractivity contribution in [2.24, 2.45) is 0 Å². The molecule has 0 bridgehead atoms. The zero-order chi connectivity index (χ0) is 13.5. The van der Waals surface area contributed by atoms with Gasteiger partial charge in [-0.05, 0) is 25.6 Å². The maximum Gasteiger partial charge on any atom is 0.234 e. The van der Waals surface area contributed by atoms with Gasteiger partial charge in [-0.25, -0.2) is 0 Å². The van der Waals surface area contributed by atoms with Crippen molar-refractivity contribution in [2.45, 2.75) is 20.4 Å². The number of phenolic OH excluding ortho intramolecular Hbond substituents is 1. The van der Waals surface area contributed by atoms with Gasteiger partial charge in [0, 0.05) is 23.7 Å². The molecule has 100 valence electrons. The van der Waals surface area contributed by atoms with Gasteiger partial charge >= 0.3 is 0 Å². The smallest absolute Gasteiger partial charge is 0.234 e. The highest BCUT2D eigenvalue weighted by molar-refractivity contribution is 6.31. The molecule has 1 aromatic rings. The third-order valence-corrected chi connectivity index (χ3v) is 3.02. The summed E-state index contributed by atoms with van der Waals surface area (Å²) in [6.45, 7) is 5.94. The number of hydrogen-bond donors (Lipinski definition) is 2. The Kier molecular flexibility index (Phi) is 5.95. The number of likely N-dealkylation sites (N-methyl/N-ethyl adjacent to an activating group) is 2. The lowest BCUT2D eigenvalue weighted by Crippen LogP contribution is -2.36. The zero-order valence-corrected chi connectivity index (χ0v) is 11.5. The lowest BCUT2D eigenvalue weighted by Gasteiger charge is -2.20. The second-order valence-corrected chi connectivity index (χ2v) is 4.40. The standard InChI is InChI=1S/C13H19ClN2O2/c1-3-15-13(18)9-16(4-2)8-10-11(14)6-5-7-12(10)17/h5-7,17H,3-4,8-9H2,1-2H3,(H,15,18). The van der Waals surface area contributed by atoms with Gasteiger partial charge in [0.15, 0.2) is 0 Å². The first-order valence-electron chi connectivity index (χ1n) is 6.03. The number of carbonyl (C=O) groups excluding carboxylic acids is 1. The Morgan fingerprint density at radius 3 is 2.72 bits per heavy atom. The summed E-state index contributed by atoms with van der Waals surface area (Å²) in [5.74, 6) is 0.141. The largest absolute Gasteiger partial charge is 0.508 e. The normalized spacial score (nSPS) is 10.7. The Hall–Kier alpha value is -1.26. The van der Waals surface area contributed by atoms with Crippen LogP contribution in [0, 0.1) is 0 Å². The molecular formula is C13H19ClN2O2. The Morgan fingerprint density at radius 1 is 1.44 bits per heavy atom. The van der Waals surface area contributed by atoms with Crippen LogP contribution in [0.5, 0.6) is 5.75 Å². The summed E-state index contributed by atoms with van der Waals surface area (Å²) in [6.07, 6.45) is 0. The van der Waals surface area contributed by atoms with Crippen LogP contribution in [-0.4, -0.2) is 35.5 Å². The van der Waals surface area contributed by atoms with Crippen molar-refractivity contribution in [1.82, 2.24) is 10.2 Å². The minimum absolute atomic E-state index is 0.0223. The molecule has 4 nitrogen and oxygen atoms in total. The van der Waals surface area contributed by atoms with Crippen LogP contribution in [0.1, 0.15) is 19.4 Å². The second kappa shape index (κ2) is 7.24. The first-order valence-corrected chi connectivity index (χ1v) is 6.41. The highest BCUT2D eigenvalue weighted by atomic mass is 35.5. The van der Waals surface area contributed by atoms with Crippen molar-refractivity contribution < 1.29 is 9.90 Å². The Morgan fingerprint density at radius 2 is 2.17 bits per heavy atom. The minimum atomic E-state index is -0.0223. The van der Waals surface area contributed by atoms with Crippen LogP contribution in [0.25, 0.3) is 0 Å². The lowest BCUT2D eigenvalue weighted by atomic mass is 10.2. The predicted octanol–water partition coefficient (Wildman–Crippen LogP) is 2.00. The van der Waals surface area contributed by atoms with Gasteiger partial charge in [-0.3, -0.25) is 9.69 Å². The van der Waals surface area contributed by atoms with E-state index in [0.29, 0.717) is 36.8 Å². The topological polar surface area (TPSA) is 52.6 Å².